The number of esters is 1. The van der Waals surface area contributed by atoms with Crippen molar-refractivity contribution in [1.29, 1.82) is 0 Å². The predicted molar refractivity (Wildman–Crippen MR) is 115 cm³/mol. The van der Waals surface area contributed by atoms with Crippen LogP contribution in [0.1, 0.15) is 44.7 Å². The largest absolute Gasteiger partial charge is 0.459 e. The number of hydrogen-bond acceptors (Lipinski definition) is 5. The third-order valence-corrected chi connectivity index (χ3v) is 4.09. The Labute approximate surface area is 178 Å². The summed E-state index contributed by atoms with van der Waals surface area (Å²) in [6, 6.07) is 18.5. The van der Waals surface area contributed by atoms with Crippen LogP contribution in [0, 0.1) is 0 Å². The number of rotatable bonds is 10. The fourth-order valence-corrected chi connectivity index (χ4v) is 2.68. The summed E-state index contributed by atoms with van der Waals surface area (Å²) in [6.07, 6.45) is 0.337. The van der Waals surface area contributed by atoms with Crippen LogP contribution in [-0.2, 0) is 32.2 Å². The van der Waals surface area contributed by atoms with Crippen molar-refractivity contribution in [2.45, 2.75) is 58.5 Å². The van der Waals surface area contributed by atoms with Crippen LogP contribution in [0.15, 0.2) is 60.7 Å². The molecule has 0 radical (unpaired) electrons. The molecule has 2 aromatic carbocycles. The Morgan fingerprint density at radius 3 is 2.03 bits per heavy atom. The lowest BCUT2D eigenvalue weighted by Gasteiger charge is -2.23. The number of ether oxygens (including phenoxy) is 3. The van der Waals surface area contributed by atoms with E-state index >= 15 is 0 Å². The van der Waals surface area contributed by atoms with Gasteiger partial charge in [-0.05, 0) is 44.7 Å². The van der Waals surface area contributed by atoms with Crippen molar-refractivity contribution in [3.63, 3.8) is 0 Å². The maximum Gasteiger partial charge on any atom is 0.408 e. The molecule has 0 spiro atoms. The molecule has 0 aromatic heterocycles. The predicted octanol–water partition coefficient (Wildman–Crippen LogP) is 4.62. The molecule has 0 aliphatic heterocycles. The number of carbonyl (C=O) groups excluding carboxylic acids is 2. The minimum absolute atomic E-state index is 0.149. The maximum absolute atomic E-state index is 12.6. The Balaban J connectivity index is 1.84. The number of alkyl carbamates (subject to hydrolysis) is 1. The molecule has 0 unspecified atom stereocenters. The van der Waals surface area contributed by atoms with Crippen molar-refractivity contribution in [1.82, 2.24) is 5.32 Å². The summed E-state index contributed by atoms with van der Waals surface area (Å²) in [5.41, 5.74) is 1.32. The summed E-state index contributed by atoms with van der Waals surface area (Å²) in [5, 5.41) is 2.63. The molecule has 0 fully saturated rings. The fourth-order valence-electron chi connectivity index (χ4n) is 2.68. The Hall–Kier alpha value is -2.86. The SMILES string of the molecule is CC(C)(C)OC(=O)N[C@@H](CCCOCc1ccccc1)C(=O)OCc1ccccc1. The highest BCUT2D eigenvalue weighted by atomic mass is 16.6. The first kappa shape index (κ1) is 23.4. The van der Waals surface area contributed by atoms with Gasteiger partial charge in [0.1, 0.15) is 18.2 Å². The van der Waals surface area contributed by atoms with Gasteiger partial charge in [-0.2, -0.15) is 0 Å². The fraction of sp³-hybridized carbons (Fsp3) is 0.417. The van der Waals surface area contributed by atoms with E-state index < -0.39 is 23.7 Å². The normalized spacial score (nSPS) is 12.1. The minimum Gasteiger partial charge on any atom is -0.459 e. The van der Waals surface area contributed by atoms with Gasteiger partial charge in [-0.25, -0.2) is 9.59 Å². The van der Waals surface area contributed by atoms with Gasteiger partial charge in [-0.3, -0.25) is 0 Å². The second kappa shape index (κ2) is 12.0. The van der Waals surface area contributed by atoms with Gasteiger partial charge in [-0.15, -0.1) is 0 Å². The highest BCUT2D eigenvalue weighted by molar-refractivity contribution is 5.81. The van der Waals surface area contributed by atoms with Crippen molar-refractivity contribution < 1.29 is 23.8 Å². The molecule has 0 saturated heterocycles. The van der Waals surface area contributed by atoms with E-state index in [0.29, 0.717) is 26.1 Å². The third-order valence-electron chi connectivity index (χ3n) is 4.09. The number of amides is 1. The highest BCUT2D eigenvalue weighted by Crippen LogP contribution is 2.10. The average Bonchev–Trinajstić information content (AvgIpc) is 2.71. The summed E-state index contributed by atoms with van der Waals surface area (Å²) in [4.78, 5) is 24.7. The van der Waals surface area contributed by atoms with Gasteiger partial charge in [0.2, 0.25) is 0 Å². The van der Waals surface area contributed by atoms with Crippen LogP contribution in [-0.4, -0.2) is 30.3 Å². The molecule has 1 atom stereocenters. The lowest BCUT2D eigenvalue weighted by molar-refractivity contribution is -0.147. The van der Waals surface area contributed by atoms with Gasteiger partial charge in [0.05, 0.1) is 6.61 Å². The van der Waals surface area contributed by atoms with E-state index in [1.807, 2.05) is 60.7 Å². The summed E-state index contributed by atoms with van der Waals surface area (Å²) in [7, 11) is 0. The van der Waals surface area contributed by atoms with Gasteiger partial charge < -0.3 is 19.5 Å². The lowest BCUT2D eigenvalue weighted by Crippen LogP contribution is -2.44. The van der Waals surface area contributed by atoms with Crippen molar-refractivity contribution in [3.05, 3.63) is 71.8 Å². The Morgan fingerprint density at radius 2 is 1.47 bits per heavy atom. The van der Waals surface area contributed by atoms with Crippen LogP contribution in [0.2, 0.25) is 0 Å². The molecule has 0 aliphatic carbocycles. The zero-order valence-electron chi connectivity index (χ0n) is 17.9. The first-order valence-electron chi connectivity index (χ1n) is 10.2. The molecule has 0 bridgehead atoms. The summed E-state index contributed by atoms with van der Waals surface area (Å²) < 4.78 is 16.3. The average molecular weight is 414 g/mol. The van der Waals surface area contributed by atoms with Gasteiger partial charge in [-0.1, -0.05) is 60.7 Å². The molecule has 6 nitrogen and oxygen atoms in total. The standard InChI is InChI=1S/C24H31NO5/c1-24(2,3)30-23(27)25-21(22(26)29-18-20-13-8-5-9-14-20)15-10-16-28-17-19-11-6-4-7-12-19/h4-9,11-14,21H,10,15-18H2,1-3H3,(H,25,27)/t21-/m0/s1. The van der Waals surface area contributed by atoms with Gasteiger partial charge in [0.25, 0.3) is 0 Å². The maximum atomic E-state index is 12.6. The van der Waals surface area contributed by atoms with Crippen LogP contribution in [0.3, 0.4) is 0 Å². The first-order chi connectivity index (χ1) is 14.3. The van der Waals surface area contributed by atoms with E-state index in [9.17, 15) is 9.59 Å². The molecular weight excluding hydrogens is 382 g/mol. The third kappa shape index (κ3) is 9.56. The quantitative estimate of drug-likeness (QED) is 0.454. The zero-order chi connectivity index (χ0) is 21.8. The Morgan fingerprint density at radius 1 is 0.900 bits per heavy atom. The lowest BCUT2D eigenvalue weighted by atomic mass is 10.1. The number of carbonyl (C=O) groups is 2. The number of nitrogens with one attached hydrogen (secondary N) is 1. The molecular formula is C24H31NO5. The molecule has 0 aliphatic rings. The van der Waals surface area contributed by atoms with Crippen molar-refractivity contribution >= 4 is 12.1 Å². The summed E-state index contributed by atoms with van der Waals surface area (Å²) in [6.45, 7) is 6.43. The molecule has 2 aromatic rings. The molecule has 2 rings (SSSR count). The molecule has 0 heterocycles. The molecule has 30 heavy (non-hydrogen) atoms. The van der Waals surface area contributed by atoms with Gasteiger partial charge >= 0.3 is 12.1 Å². The minimum atomic E-state index is -0.802. The molecule has 6 heteroatoms. The van der Waals surface area contributed by atoms with Crippen molar-refractivity contribution in [2.24, 2.45) is 0 Å². The summed E-state index contributed by atoms with van der Waals surface area (Å²) in [5.74, 6) is -0.493. The highest BCUT2D eigenvalue weighted by Gasteiger charge is 2.25. The van der Waals surface area contributed by atoms with Crippen molar-refractivity contribution in [2.75, 3.05) is 6.61 Å². The van der Waals surface area contributed by atoms with Gasteiger partial charge in [0, 0.05) is 6.61 Å². The van der Waals surface area contributed by atoms with E-state index in [4.69, 9.17) is 14.2 Å². The van der Waals surface area contributed by atoms with E-state index in [-0.39, 0.29) is 6.61 Å². The first-order valence-corrected chi connectivity index (χ1v) is 10.2. The van der Waals surface area contributed by atoms with E-state index in [1.165, 1.54) is 0 Å². The van der Waals surface area contributed by atoms with Crippen LogP contribution in [0.25, 0.3) is 0 Å². The van der Waals surface area contributed by atoms with Crippen LogP contribution in [0.5, 0.6) is 0 Å². The van der Waals surface area contributed by atoms with Crippen LogP contribution in [0.4, 0.5) is 4.79 Å². The molecule has 162 valence electrons. The topological polar surface area (TPSA) is 73.9 Å². The van der Waals surface area contributed by atoms with Crippen molar-refractivity contribution in [3.8, 4) is 0 Å². The number of hydrogen-bond donors (Lipinski definition) is 1. The second-order valence-corrected chi connectivity index (χ2v) is 7.97. The van der Waals surface area contributed by atoms with Crippen LogP contribution < -0.4 is 5.32 Å². The molecule has 1 amide bonds. The smallest absolute Gasteiger partial charge is 0.408 e. The monoisotopic (exact) mass is 413 g/mol. The van der Waals surface area contributed by atoms with Crippen LogP contribution >= 0.6 is 0 Å². The Kier molecular flexibility index (Phi) is 9.35. The zero-order valence-corrected chi connectivity index (χ0v) is 17.9. The molecule has 0 saturated carbocycles. The second-order valence-electron chi connectivity index (χ2n) is 7.97. The molecule has 1 N–H and O–H groups in total. The van der Waals surface area contributed by atoms with E-state index in [1.54, 1.807) is 20.8 Å². The van der Waals surface area contributed by atoms with E-state index in [0.717, 1.165) is 11.1 Å². The Bertz CT molecular complexity index is 771. The van der Waals surface area contributed by atoms with E-state index in [2.05, 4.69) is 5.32 Å². The van der Waals surface area contributed by atoms with Gasteiger partial charge in [0.15, 0.2) is 0 Å². The number of benzene rings is 2. The summed E-state index contributed by atoms with van der Waals surface area (Å²) >= 11 is 0.